The van der Waals surface area contributed by atoms with Crippen LogP contribution in [0.4, 0.5) is 0 Å². The maximum atomic E-state index is 11.4. The minimum absolute atomic E-state index is 0.202. The third kappa shape index (κ3) is 3.26. The monoisotopic (exact) mass is 261 g/mol. The van der Waals surface area contributed by atoms with E-state index in [1.807, 2.05) is 20.8 Å². The summed E-state index contributed by atoms with van der Waals surface area (Å²) in [5, 5.41) is 6.16. The van der Waals surface area contributed by atoms with Crippen LogP contribution in [-0.4, -0.2) is 31.4 Å². The molecule has 0 aliphatic rings. The van der Waals surface area contributed by atoms with Gasteiger partial charge in [-0.2, -0.15) is 4.98 Å². The highest BCUT2D eigenvalue weighted by atomic mass is 32.2. The second-order valence-electron chi connectivity index (χ2n) is 4.58. The molecule has 1 N–H and O–H groups in total. The minimum atomic E-state index is -3.21. The molecule has 1 atom stereocenters. The van der Waals surface area contributed by atoms with E-state index in [9.17, 15) is 8.42 Å². The van der Waals surface area contributed by atoms with Gasteiger partial charge in [-0.25, -0.2) is 8.42 Å². The Balaban J connectivity index is 3.00. The molecule has 0 aromatic carbocycles. The molecule has 98 valence electrons. The number of rotatable bonds is 5. The second-order valence-corrected chi connectivity index (χ2v) is 6.95. The summed E-state index contributed by atoms with van der Waals surface area (Å²) in [4.78, 5) is 4.15. The van der Waals surface area contributed by atoms with Gasteiger partial charge in [-0.1, -0.05) is 12.1 Å². The fourth-order valence-electron chi connectivity index (χ4n) is 1.36. The van der Waals surface area contributed by atoms with Crippen molar-refractivity contribution in [3.63, 3.8) is 0 Å². The zero-order chi connectivity index (χ0) is 13.3. The molecule has 0 bridgehead atoms. The number of aromatic nitrogens is 2. The van der Waals surface area contributed by atoms with E-state index in [4.69, 9.17) is 4.52 Å². The molecule has 1 aromatic rings. The molecule has 6 nitrogen and oxygen atoms in total. The summed E-state index contributed by atoms with van der Waals surface area (Å²) in [5.41, 5.74) is -0.461. The highest BCUT2D eigenvalue weighted by Gasteiger charge is 2.29. The van der Waals surface area contributed by atoms with Crippen LogP contribution in [0.3, 0.4) is 0 Å². The molecular weight excluding hydrogens is 242 g/mol. The van der Waals surface area contributed by atoms with Crippen molar-refractivity contribution in [2.24, 2.45) is 0 Å². The summed E-state index contributed by atoms with van der Waals surface area (Å²) < 4.78 is 27.9. The van der Waals surface area contributed by atoms with Gasteiger partial charge in [0.2, 0.25) is 5.89 Å². The Labute approximate surface area is 102 Å². The average molecular weight is 261 g/mol. The molecule has 7 heteroatoms. The fraction of sp³-hybridized carbons (Fsp3) is 0.800. The molecule has 0 saturated heterocycles. The molecule has 1 unspecified atom stereocenters. The van der Waals surface area contributed by atoms with Crippen LogP contribution >= 0.6 is 0 Å². The lowest BCUT2D eigenvalue weighted by molar-refractivity contribution is 0.270. The van der Waals surface area contributed by atoms with Gasteiger partial charge in [0.15, 0.2) is 15.7 Å². The van der Waals surface area contributed by atoms with Crippen molar-refractivity contribution >= 4 is 9.84 Å². The van der Waals surface area contributed by atoms with Crippen LogP contribution in [0.1, 0.15) is 44.7 Å². The number of sulfone groups is 1. The van der Waals surface area contributed by atoms with Crippen molar-refractivity contribution < 1.29 is 12.9 Å². The zero-order valence-corrected chi connectivity index (χ0v) is 11.6. The molecule has 1 heterocycles. The lowest BCUT2D eigenvalue weighted by Crippen LogP contribution is -2.36. The van der Waals surface area contributed by atoms with Gasteiger partial charge in [0.05, 0.1) is 5.54 Å². The number of hydrogen-bond donors (Lipinski definition) is 1. The standard InChI is InChI=1S/C10H19N3O3S/c1-6-11-10(3,4)9-12-8(13-16-9)7(2)17(5,14)15/h7,11H,6H2,1-5H3. The minimum Gasteiger partial charge on any atom is -0.337 e. The van der Waals surface area contributed by atoms with Crippen molar-refractivity contribution in [2.45, 2.75) is 38.5 Å². The Morgan fingerprint density at radius 3 is 2.53 bits per heavy atom. The first-order valence-corrected chi connectivity index (χ1v) is 7.42. The van der Waals surface area contributed by atoms with E-state index in [-0.39, 0.29) is 5.82 Å². The molecule has 0 amide bonds. The van der Waals surface area contributed by atoms with Crippen molar-refractivity contribution in [1.82, 2.24) is 15.5 Å². The topological polar surface area (TPSA) is 85.1 Å². The molecule has 0 aliphatic carbocycles. The van der Waals surface area contributed by atoms with Gasteiger partial charge < -0.3 is 9.84 Å². The number of nitrogens with zero attached hydrogens (tertiary/aromatic N) is 2. The molecule has 17 heavy (non-hydrogen) atoms. The van der Waals surface area contributed by atoms with Gasteiger partial charge in [-0.15, -0.1) is 0 Å². The van der Waals surface area contributed by atoms with Crippen LogP contribution in [0.15, 0.2) is 4.52 Å². The van der Waals surface area contributed by atoms with Crippen molar-refractivity contribution in [1.29, 1.82) is 0 Å². The molecule has 0 aliphatic heterocycles. The third-order valence-corrected chi connectivity index (χ3v) is 4.10. The quantitative estimate of drug-likeness (QED) is 0.851. The van der Waals surface area contributed by atoms with Crippen LogP contribution in [0.2, 0.25) is 0 Å². The van der Waals surface area contributed by atoms with Gasteiger partial charge >= 0.3 is 0 Å². The van der Waals surface area contributed by atoms with E-state index in [0.29, 0.717) is 5.89 Å². The molecule has 0 saturated carbocycles. The molecule has 0 fully saturated rings. The highest BCUT2D eigenvalue weighted by molar-refractivity contribution is 7.90. The second kappa shape index (κ2) is 4.73. The maximum Gasteiger partial charge on any atom is 0.246 e. The lowest BCUT2D eigenvalue weighted by atomic mass is 10.1. The fourth-order valence-corrected chi connectivity index (χ4v) is 1.84. The predicted molar refractivity (Wildman–Crippen MR) is 64.3 cm³/mol. The van der Waals surface area contributed by atoms with Gasteiger partial charge in [-0.05, 0) is 27.3 Å². The van der Waals surface area contributed by atoms with E-state index in [2.05, 4.69) is 15.5 Å². The van der Waals surface area contributed by atoms with Crippen molar-refractivity contribution in [3.8, 4) is 0 Å². The smallest absolute Gasteiger partial charge is 0.246 e. The summed E-state index contributed by atoms with van der Waals surface area (Å²) >= 11 is 0. The largest absolute Gasteiger partial charge is 0.337 e. The van der Waals surface area contributed by atoms with E-state index in [1.54, 1.807) is 6.92 Å². The molecule has 1 rings (SSSR count). The van der Waals surface area contributed by atoms with E-state index >= 15 is 0 Å². The average Bonchev–Trinajstić information content (AvgIpc) is 2.64. The van der Waals surface area contributed by atoms with Gasteiger partial charge in [-0.3, -0.25) is 0 Å². The van der Waals surface area contributed by atoms with Crippen LogP contribution < -0.4 is 5.32 Å². The Morgan fingerprint density at radius 2 is 2.06 bits per heavy atom. The third-order valence-electron chi connectivity index (χ3n) is 2.60. The summed E-state index contributed by atoms with van der Waals surface area (Å²) in [5.74, 6) is 0.596. The Kier molecular flexibility index (Phi) is 3.93. The van der Waals surface area contributed by atoms with Gasteiger partial charge in [0, 0.05) is 6.26 Å². The molecular formula is C10H19N3O3S. The molecule has 0 radical (unpaired) electrons. The SMILES string of the molecule is CCNC(C)(C)c1nc(C(C)S(C)(=O)=O)no1. The van der Waals surface area contributed by atoms with Crippen molar-refractivity contribution in [2.75, 3.05) is 12.8 Å². The summed E-state index contributed by atoms with van der Waals surface area (Å²) in [7, 11) is -3.21. The molecule has 0 spiro atoms. The van der Waals surface area contributed by atoms with E-state index in [1.165, 1.54) is 0 Å². The summed E-state index contributed by atoms with van der Waals surface area (Å²) in [6, 6.07) is 0. The first kappa shape index (κ1) is 14.1. The number of nitrogens with one attached hydrogen (secondary N) is 1. The highest BCUT2D eigenvalue weighted by Crippen LogP contribution is 2.22. The predicted octanol–water partition coefficient (Wildman–Crippen LogP) is 1.02. The Hall–Kier alpha value is -0.950. The zero-order valence-electron chi connectivity index (χ0n) is 10.8. The summed E-state index contributed by atoms with van der Waals surface area (Å²) in [6.07, 6.45) is 1.16. The first-order valence-electron chi connectivity index (χ1n) is 5.46. The Bertz CT molecular complexity index is 479. The van der Waals surface area contributed by atoms with E-state index < -0.39 is 20.6 Å². The first-order chi connectivity index (χ1) is 7.68. The Morgan fingerprint density at radius 1 is 1.47 bits per heavy atom. The van der Waals surface area contributed by atoms with Gasteiger partial charge in [0.25, 0.3) is 0 Å². The van der Waals surface area contributed by atoms with Crippen molar-refractivity contribution in [3.05, 3.63) is 11.7 Å². The van der Waals surface area contributed by atoms with E-state index in [0.717, 1.165) is 12.8 Å². The normalized spacial score (nSPS) is 14.9. The molecule has 1 aromatic heterocycles. The lowest BCUT2D eigenvalue weighted by Gasteiger charge is -2.20. The van der Waals surface area contributed by atoms with Crippen LogP contribution in [0.25, 0.3) is 0 Å². The van der Waals surface area contributed by atoms with Crippen LogP contribution in [-0.2, 0) is 15.4 Å². The van der Waals surface area contributed by atoms with Gasteiger partial charge in [0.1, 0.15) is 5.25 Å². The van der Waals surface area contributed by atoms with Crippen LogP contribution in [0, 0.1) is 0 Å². The number of hydrogen-bond acceptors (Lipinski definition) is 6. The summed E-state index contributed by atoms with van der Waals surface area (Å²) in [6.45, 7) is 8.08. The maximum absolute atomic E-state index is 11.4. The van der Waals surface area contributed by atoms with Crippen LogP contribution in [0.5, 0.6) is 0 Å².